The lowest BCUT2D eigenvalue weighted by molar-refractivity contribution is 0.842. The van der Waals surface area contributed by atoms with Crippen LogP contribution in [0.25, 0.3) is 0 Å². The summed E-state index contributed by atoms with van der Waals surface area (Å²) in [5.41, 5.74) is 0.533. The Hall–Kier alpha value is -1.38. The first-order chi connectivity index (χ1) is 6.67. The van der Waals surface area contributed by atoms with Crippen molar-refractivity contribution in [1.82, 2.24) is 0 Å². The molecule has 1 rings (SSSR count). The van der Waals surface area contributed by atoms with Gasteiger partial charge in [0.25, 0.3) is 0 Å². The van der Waals surface area contributed by atoms with Gasteiger partial charge in [-0.1, -0.05) is 6.08 Å². The van der Waals surface area contributed by atoms with Gasteiger partial charge in [0.05, 0.1) is 5.69 Å². The Labute approximate surface area is 83.4 Å². The summed E-state index contributed by atoms with van der Waals surface area (Å²) in [5.74, 6) is 0. The molecule has 0 heterocycles. The summed E-state index contributed by atoms with van der Waals surface area (Å²) in [6.45, 7) is 9.02. The lowest BCUT2D eigenvalue weighted by Crippen LogP contribution is -2.43. The molecule has 0 bridgehead atoms. The standard InChI is InChI=1S/C11H15NO2/c1-4-7-8-9(11(14)10(8)13)12(5-2)6-3/h4H,1,5-7H2,2-3H3. The van der Waals surface area contributed by atoms with E-state index in [0.29, 0.717) is 17.7 Å². The van der Waals surface area contributed by atoms with Crippen LogP contribution in [0, 0.1) is 0 Å². The van der Waals surface area contributed by atoms with Gasteiger partial charge in [-0.15, -0.1) is 6.58 Å². The van der Waals surface area contributed by atoms with Gasteiger partial charge in [-0.2, -0.15) is 0 Å². The van der Waals surface area contributed by atoms with Gasteiger partial charge in [0.1, 0.15) is 0 Å². The normalized spacial score (nSPS) is 10.4. The highest BCUT2D eigenvalue weighted by atomic mass is 16.2. The fourth-order valence-electron chi connectivity index (χ4n) is 1.63. The minimum absolute atomic E-state index is 0.341. The summed E-state index contributed by atoms with van der Waals surface area (Å²) in [5, 5.41) is 0. The second-order valence-electron chi connectivity index (χ2n) is 3.15. The zero-order valence-electron chi connectivity index (χ0n) is 8.67. The molecule has 0 aliphatic carbocycles. The van der Waals surface area contributed by atoms with Gasteiger partial charge in [-0.3, -0.25) is 9.59 Å². The molecule has 0 saturated carbocycles. The van der Waals surface area contributed by atoms with Gasteiger partial charge in [0, 0.05) is 18.7 Å². The summed E-state index contributed by atoms with van der Waals surface area (Å²) >= 11 is 0. The third-order valence-electron chi connectivity index (χ3n) is 2.41. The summed E-state index contributed by atoms with van der Waals surface area (Å²) in [4.78, 5) is 24.5. The molecule has 0 unspecified atom stereocenters. The molecular formula is C11H15NO2. The zero-order chi connectivity index (χ0) is 10.7. The first-order valence-corrected chi connectivity index (χ1v) is 4.85. The largest absolute Gasteiger partial charge is 0.368 e. The number of allylic oxidation sites excluding steroid dienone is 1. The maximum Gasteiger partial charge on any atom is 0.249 e. The highest BCUT2D eigenvalue weighted by Crippen LogP contribution is 2.14. The number of hydrogen-bond acceptors (Lipinski definition) is 3. The molecule has 0 fully saturated rings. The predicted molar refractivity (Wildman–Crippen MR) is 58.8 cm³/mol. The van der Waals surface area contributed by atoms with Crippen LogP contribution in [-0.2, 0) is 6.42 Å². The Kier molecular flexibility index (Phi) is 3.23. The Morgan fingerprint density at radius 2 is 1.79 bits per heavy atom. The molecule has 0 aliphatic rings. The third kappa shape index (κ3) is 1.50. The van der Waals surface area contributed by atoms with E-state index >= 15 is 0 Å². The molecule has 3 nitrogen and oxygen atoms in total. The maximum atomic E-state index is 11.3. The summed E-state index contributed by atoms with van der Waals surface area (Å²) in [6.07, 6.45) is 2.15. The van der Waals surface area contributed by atoms with Crippen molar-refractivity contribution in [2.45, 2.75) is 20.3 Å². The molecule has 0 spiro atoms. The summed E-state index contributed by atoms with van der Waals surface area (Å²) in [7, 11) is 0. The van der Waals surface area contributed by atoms with E-state index in [-0.39, 0.29) is 10.9 Å². The molecule has 0 atom stereocenters. The number of hydrogen-bond donors (Lipinski definition) is 0. The van der Waals surface area contributed by atoms with Crippen LogP contribution in [0.4, 0.5) is 5.69 Å². The van der Waals surface area contributed by atoms with Crippen molar-refractivity contribution >= 4 is 5.69 Å². The molecule has 1 aromatic carbocycles. The van der Waals surface area contributed by atoms with Crippen molar-refractivity contribution in [3.05, 3.63) is 38.7 Å². The minimum Gasteiger partial charge on any atom is -0.368 e. The van der Waals surface area contributed by atoms with E-state index in [9.17, 15) is 9.59 Å². The lowest BCUT2D eigenvalue weighted by atomic mass is 10.0. The van der Waals surface area contributed by atoms with Crippen molar-refractivity contribution in [2.75, 3.05) is 18.0 Å². The fraction of sp³-hybridized carbons (Fsp3) is 0.455. The first-order valence-electron chi connectivity index (χ1n) is 4.85. The van der Waals surface area contributed by atoms with Crippen LogP contribution in [0.5, 0.6) is 0 Å². The van der Waals surface area contributed by atoms with Crippen LogP contribution in [-0.4, -0.2) is 13.1 Å². The molecule has 1 aromatic rings. The molecule has 76 valence electrons. The average Bonchev–Trinajstić information content (AvgIpc) is 2.22. The van der Waals surface area contributed by atoms with Gasteiger partial charge in [-0.25, -0.2) is 0 Å². The van der Waals surface area contributed by atoms with Gasteiger partial charge < -0.3 is 4.90 Å². The monoisotopic (exact) mass is 193 g/mol. The van der Waals surface area contributed by atoms with Gasteiger partial charge in [0.2, 0.25) is 10.9 Å². The first kappa shape index (κ1) is 10.7. The Morgan fingerprint density at radius 1 is 1.21 bits per heavy atom. The van der Waals surface area contributed by atoms with Crippen LogP contribution in [0.3, 0.4) is 0 Å². The summed E-state index contributed by atoms with van der Waals surface area (Å²) < 4.78 is 0. The molecule has 0 aromatic heterocycles. The maximum absolute atomic E-state index is 11.3. The van der Waals surface area contributed by atoms with Crippen LogP contribution in [0.1, 0.15) is 19.4 Å². The SMILES string of the molecule is C=CCc1c(N(CC)CC)c(=O)c1=O. The van der Waals surface area contributed by atoms with Crippen molar-refractivity contribution in [3.8, 4) is 0 Å². The second kappa shape index (κ2) is 4.22. The Morgan fingerprint density at radius 3 is 2.21 bits per heavy atom. The minimum atomic E-state index is -0.342. The van der Waals surface area contributed by atoms with Crippen molar-refractivity contribution in [3.63, 3.8) is 0 Å². The quantitative estimate of drug-likeness (QED) is 0.514. The smallest absolute Gasteiger partial charge is 0.249 e. The Bertz CT molecular complexity index is 395. The molecule has 14 heavy (non-hydrogen) atoms. The second-order valence-corrected chi connectivity index (χ2v) is 3.15. The lowest BCUT2D eigenvalue weighted by Gasteiger charge is -2.24. The molecule has 0 radical (unpaired) electrons. The predicted octanol–water partition coefficient (Wildman–Crippen LogP) is 0.857. The molecular weight excluding hydrogens is 178 g/mol. The molecule has 0 N–H and O–H groups in total. The van der Waals surface area contributed by atoms with E-state index in [2.05, 4.69) is 6.58 Å². The zero-order valence-corrected chi connectivity index (χ0v) is 8.67. The van der Waals surface area contributed by atoms with Gasteiger partial charge in [0.15, 0.2) is 0 Å². The molecule has 3 heteroatoms. The highest BCUT2D eigenvalue weighted by Gasteiger charge is 2.22. The van der Waals surface area contributed by atoms with E-state index in [4.69, 9.17) is 0 Å². The molecule has 0 amide bonds. The summed E-state index contributed by atoms with van der Waals surface area (Å²) in [6, 6.07) is 0. The highest BCUT2D eigenvalue weighted by molar-refractivity contribution is 5.59. The Balaban J connectivity index is 3.08. The van der Waals surface area contributed by atoms with E-state index < -0.39 is 0 Å². The van der Waals surface area contributed by atoms with E-state index in [1.54, 1.807) is 6.08 Å². The number of rotatable bonds is 5. The van der Waals surface area contributed by atoms with Crippen LogP contribution in [0.15, 0.2) is 22.2 Å². The van der Waals surface area contributed by atoms with Crippen molar-refractivity contribution in [2.24, 2.45) is 0 Å². The van der Waals surface area contributed by atoms with E-state index in [1.807, 2.05) is 18.7 Å². The van der Waals surface area contributed by atoms with E-state index in [0.717, 1.165) is 13.1 Å². The third-order valence-corrected chi connectivity index (χ3v) is 2.41. The van der Waals surface area contributed by atoms with Gasteiger partial charge in [-0.05, 0) is 20.3 Å². The average molecular weight is 193 g/mol. The fourth-order valence-corrected chi connectivity index (χ4v) is 1.63. The van der Waals surface area contributed by atoms with Crippen molar-refractivity contribution < 1.29 is 0 Å². The molecule has 0 saturated heterocycles. The van der Waals surface area contributed by atoms with Gasteiger partial charge >= 0.3 is 0 Å². The van der Waals surface area contributed by atoms with Crippen LogP contribution in [0.2, 0.25) is 0 Å². The molecule has 0 aliphatic heterocycles. The van der Waals surface area contributed by atoms with E-state index in [1.165, 1.54) is 0 Å². The number of nitrogens with zero attached hydrogens (tertiary/aromatic N) is 1. The number of anilines is 1. The van der Waals surface area contributed by atoms with Crippen molar-refractivity contribution in [1.29, 1.82) is 0 Å². The topological polar surface area (TPSA) is 37.4 Å². The van der Waals surface area contributed by atoms with Crippen LogP contribution >= 0.6 is 0 Å². The van der Waals surface area contributed by atoms with Crippen LogP contribution < -0.4 is 15.8 Å².